The fourth-order valence-corrected chi connectivity index (χ4v) is 4.25. The second-order valence-electron chi connectivity index (χ2n) is 9.26. The van der Waals surface area contributed by atoms with Gasteiger partial charge in [0.05, 0.1) is 12.5 Å². The summed E-state index contributed by atoms with van der Waals surface area (Å²) in [7, 11) is 0. The van der Waals surface area contributed by atoms with E-state index in [0.29, 0.717) is 18.5 Å². The molecule has 0 spiro atoms. The first-order valence-electron chi connectivity index (χ1n) is 12.9. The van der Waals surface area contributed by atoms with E-state index >= 15 is 0 Å². The van der Waals surface area contributed by atoms with E-state index in [2.05, 4.69) is 10.6 Å². The summed E-state index contributed by atoms with van der Waals surface area (Å²) in [6, 6.07) is 19.8. The number of amides is 2. The molecular weight excluding hydrogens is 498 g/mol. The minimum atomic E-state index is -1.23. The Morgan fingerprint density at radius 2 is 1.51 bits per heavy atom. The molecular formula is C30H33N3O6. The van der Waals surface area contributed by atoms with Crippen molar-refractivity contribution in [2.75, 3.05) is 5.32 Å². The van der Waals surface area contributed by atoms with Crippen LogP contribution in [0.5, 0.6) is 0 Å². The first kappa shape index (κ1) is 29.0. The van der Waals surface area contributed by atoms with Crippen molar-refractivity contribution in [3.63, 3.8) is 0 Å². The predicted octanol–water partition coefficient (Wildman–Crippen LogP) is 3.51. The number of pyridine rings is 1. The van der Waals surface area contributed by atoms with E-state index in [1.807, 2.05) is 60.7 Å². The smallest absolute Gasteiger partial charge is 0.305 e. The Morgan fingerprint density at radius 3 is 2.10 bits per heavy atom. The molecule has 3 N–H and O–H groups in total. The maximum absolute atomic E-state index is 13.6. The van der Waals surface area contributed by atoms with Crippen LogP contribution in [-0.2, 0) is 32.0 Å². The lowest BCUT2D eigenvalue weighted by molar-refractivity contribution is -0.140. The van der Waals surface area contributed by atoms with Gasteiger partial charge >= 0.3 is 5.97 Å². The number of benzene rings is 2. The molecule has 0 saturated heterocycles. The van der Waals surface area contributed by atoms with Crippen LogP contribution in [0.15, 0.2) is 77.6 Å². The van der Waals surface area contributed by atoms with Crippen LogP contribution in [0.2, 0.25) is 0 Å². The number of nitrogens with zero attached hydrogens (tertiary/aromatic N) is 1. The molecule has 2 aromatic carbocycles. The van der Waals surface area contributed by atoms with Gasteiger partial charge in [0.15, 0.2) is 5.78 Å². The van der Waals surface area contributed by atoms with E-state index in [-0.39, 0.29) is 24.4 Å². The van der Waals surface area contributed by atoms with Gasteiger partial charge in [-0.2, -0.15) is 0 Å². The molecule has 0 aliphatic heterocycles. The lowest BCUT2D eigenvalue weighted by Crippen LogP contribution is -2.46. The van der Waals surface area contributed by atoms with Crippen LogP contribution in [-0.4, -0.2) is 39.3 Å². The van der Waals surface area contributed by atoms with E-state index in [1.165, 1.54) is 17.6 Å². The van der Waals surface area contributed by atoms with Crippen molar-refractivity contribution in [1.29, 1.82) is 0 Å². The summed E-state index contributed by atoms with van der Waals surface area (Å²) in [4.78, 5) is 63.0. The van der Waals surface area contributed by atoms with Crippen LogP contribution in [0.1, 0.15) is 56.0 Å². The largest absolute Gasteiger partial charge is 0.481 e. The van der Waals surface area contributed by atoms with Crippen molar-refractivity contribution >= 4 is 29.3 Å². The Bertz CT molecular complexity index is 1370. The SMILES string of the molecule is CCC(=O)[C@H](CC(=O)O)NC(=O)[C@H](C)n1c(Cc2ccccc2)ccc(NC(=O)CCc2ccccc2)c1=O. The molecule has 3 aromatic rings. The quantitative estimate of drug-likeness (QED) is 0.309. The zero-order chi connectivity index (χ0) is 28.4. The van der Waals surface area contributed by atoms with Gasteiger partial charge < -0.3 is 15.7 Å². The van der Waals surface area contributed by atoms with Gasteiger partial charge in [0, 0.05) is 25.0 Å². The number of nitrogens with one attached hydrogen (secondary N) is 2. The van der Waals surface area contributed by atoms with Crippen LogP contribution < -0.4 is 16.2 Å². The molecule has 204 valence electrons. The number of hydrogen-bond donors (Lipinski definition) is 3. The zero-order valence-corrected chi connectivity index (χ0v) is 22.1. The summed E-state index contributed by atoms with van der Waals surface area (Å²) < 4.78 is 1.28. The molecule has 0 aliphatic rings. The fourth-order valence-electron chi connectivity index (χ4n) is 4.25. The third-order valence-electron chi connectivity index (χ3n) is 6.39. The number of carbonyl (C=O) groups is 4. The second-order valence-corrected chi connectivity index (χ2v) is 9.26. The number of carboxylic acid groups (broad SMARTS) is 1. The summed E-state index contributed by atoms with van der Waals surface area (Å²) in [5.41, 5.74) is 1.87. The number of aliphatic carboxylic acids is 1. The predicted molar refractivity (Wildman–Crippen MR) is 148 cm³/mol. The standard InChI is InChI=1S/C30H33N3O6/c1-3-26(34)25(19-28(36)37)32-29(38)20(2)33-23(18-22-12-8-5-9-13-22)15-16-24(30(33)39)31-27(35)17-14-21-10-6-4-7-11-21/h4-13,15-16,20,25H,3,14,17-19H2,1-2H3,(H,31,35)(H,32,38)(H,36,37)/t20-,25-/m0/s1. The van der Waals surface area contributed by atoms with E-state index in [9.17, 15) is 29.1 Å². The third kappa shape index (κ3) is 8.23. The molecule has 0 fully saturated rings. The van der Waals surface area contributed by atoms with E-state index < -0.39 is 41.7 Å². The van der Waals surface area contributed by atoms with Gasteiger partial charge in [-0.3, -0.25) is 28.5 Å². The fraction of sp³-hybridized carbons (Fsp3) is 0.300. The molecule has 2 atom stereocenters. The molecule has 39 heavy (non-hydrogen) atoms. The Labute approximate surface area is 226 Å². The lowest BCUT2D eigenvalue weighted by Gasteiger charge is -2.23. The molecule has 2 amide bonds. The lowest BCUT2D eigenvalue weighted by atomic mass is 10.1. The molecule has 0 unspecified atom stereocenters. The normalized spacial score (nSPS) is 12.3. The van der Waals surface area contributed by atoms with Crippen molar-refractivity contribution in [2.24, 2.45) is 0 Å². The number of carboxylic acids is 1. The average Bonchev–Trinajstić information content (AvgIpc) is 2.93. The van der Waals surface area contributed by atoms with E-state index in [4.69, 9.17) is 0 Å². The van der Waals surface area contributed by atoms with Crippen molar-refractivity contribution in [3.05, 3.63) is 100.0 Å². The number of hydrogen-bond acceptors (Lipinski definition) is 5. The Hall–Kier alpha value is -4.53. The maximum atomic E-state index is 13.6. The van der Waals surface area contributed by atoms with Crippen molar-refractivity contribution in [1.82, 2.24) is 9.88 Å². The highest BCUT2D eigenvalue weighted by atomic mass is 16.4. The van der Waals surface area contributed by atoms with E-state index in [1.54, 1.807) is 13.0 Å². The van der Waals surface area contributed by atoms with Gasteiger partial charge in [0.2, 0.25) is 11.8 Å². The highest BCUT2D eigenvalue weighted by molar-refractivity contribution is 5.93. The number of aryl methyl sites for hydroxylation is 1. The number of carbonyl (C=O) groups excluding carboxylic acids is 3. The number of aromatic nitrogens is 1. The van der Waals surface area contributed by atoms with E-state index in [0.717, 1.165) is 11.1 Å². The van der Waals surface area contributed by atoms with Gasteiger partial charge in [0.1, 0.15) is 11.7 Å². The summed E-state index contributed by atoms with van der Waals surface area (Å²) >= 11 is 0. The monoisotopic (exact) mass is 531 g/mol. The van der Waals surface area contributed by atoms with Gasteiger partial charge in [-0.05, 0) is 36.6 Å². The van der Waals surface area contributed by atoms with Crippen LogP contribution in [0.25, 0.3) is 0 Å². The molecule has 3 rings (SSSR count). The maximum Gasteiger partial charge on any atom is 0.305 e. The third-order valence-corrected chi connectivity index (χ3v) is 6.39. The summed E-state index contributed by atoms with van der Waals surface area (Å²) in [5, 5.41) is 14.3. The summed E-state index contributed by atoms with van der Waals surface area (Å²) in [6.45, 7) is 3.08. The van der Waals surface area contributed by atoms with Crippen LogP contribution >= 0.6 is 0 Å². The Morgan fingerprint density at radius 1 is 0.897 bits per heavy atom. The molecule has 1 heterocycles. The van der Waals surface area contributed by atoms with Gasteiger partial charge in [-0.15, -0.1) is 0 Å². The molecule has 1 aromatic heterocycles. The molecule has 9 nitrogen and oxygen atoms in total. The van der Waals surface area contributed by atoms with Crippen molar-refractivity contribution in [3.8, 4) is 0 Å². The van der Waals surface area contributed by atoms with Gasteiger partial charge in [0.25, 0.3) is 5.56 Å². The highest BCUT2D eigenvalue weighted by Gasteiger charge is 2.27. The minimum absolute atomic E-state index is 0.0243. The van der Waals surface area contributed by atoms with Crippen molar-refractivity contribution < 1.29 is 24.3 Å². The average molecular weight is 532 g/mol. The second kappa shape index (κ2) is 13.9. The van der Waals surface area contributed by atoms with Crippen molar-refractivity contribution in [2.45, 2.75) is 58.0 Å². The highest BCUT2D eigenvalue weighted by Crippen LogP contribution is 2.17. The molecule has 0 bridgehead atoms. The number of anilines is 1. The van der Waals surface area contributed by atoms with Gasteiger partial charge in [-0.25, -0.2) is 0 Å². The summed E-state index contributed by atoms with van der Waals surface area (Å²) in [5.74, 6) is -2.66. The first-order valence-corrected chi connectivity index (χ1v) is 12.9. The first-order chi connectivity index (χ1) is 18.7. The molecule has 0 radical (unpaired) electrons. The molecule has 0 saturated carbocycles. The summed E-state index contributed by atoms with van der Waals surface area (Å²) in [6.07, 6.45) is 0.497. The Kier molecular flexibility index (Phi) is 10.3. The molecule has 0 aliphatic carbocycles. The van der Waals surface area contributed by atoms with Crippen LogP contribution in [0.3, 0.4) is 0 Å². The number of Topliss-reactive ketones (excluding diaryl/α,β-unsaturated/α-hetero) is 1. The number of ketones is 1. The number of rotatable bonds is 13. The topological polar surface area (TPSA) is 135 Å². The van der Waals surface area contributed by atoms with Crippen LogP contribution in [0.4, 0.5) is 5.69 Å². The van der Waals surface area contributed by atoms with Crippen LogP contribution in [0, 0.1) is 0 Å². The van der Waals surface area contributed by atoms with Gasteiger partial charge in [-0.1, -0.05) is 67.6 Å². The molecule has 9 heteroatoms. The zero-order valence-electron chi connectivity index (χ0n) is 22.1. The minimum Gasteiger partial charge on any atom is -0.481 e. The Balaban J connectivity index is 1.89.